The first-order valence-corrected chi connectivity index (χ1v) is 6.71. The van der Waals surface area contributed by atoms with E-state index in [1.165, 1.54) is 0 Å². The molecule has 0 spiro atoms. The van der Waals surface area contributed by atoms with Crippen LogP contribution in [0.5, 0.6) is 0 Å². The van der Waals surface area contributed by atoms with E-state index in [2.05, 4.69) is 43.2 Å². The standard InChI is InChI=1S/C14H19F2N5/c1-8(14(2,3)4)7-21-13(18-19-20-21)9-5-10(15)11(16)6-12(9)17/h5-6,8H,7,17H2,1-4H3. The zero-order chi connectivity index (χ0) is 15.8. The van der Waals surface area contributed by atoms with Gasteiger partial charge in [-0.2, -0.15) is 0 Å². The van der Waals surface area contributed by atoms with Crippen molar-refractivity contribution in [1.29, 1.82) is 0 Å². The maximum atomic E-state index is 13.4. The number of rotatable bonds is 3. The second-order valence-corrected chi connectivity index (χ2v) is 6.31. The summed E-state index contributed by atoms with van der Waals surface area (Å²) >= 11 is 0. The minimum atomic E-state index is -0.988. The van der Waals surface area contributed by atoms with Crippen LogP contribution in [0.2, 0.25) is 0 Å². The molecule has 0 aliphatic heterocycles. The lowest BCUT2D eigenvalue weighted by atomic mass is 9.82. The monoisotopic (exact) mass is 295 g/mol. The molecule has 5 nitrogen and oxygen atoms in total. The van der Waals surface area contributed by atoms with Crippen molar-refractivity contribution < 1.29 is 8.78 Å². The Bertz CT molecular complexity index is 645. The molecule has 1 aromatic carbocycles. The van der Waals surface area contributed by atoms with E-state index in [-0.39, 0.29) is 17.0 Å². The molecule has 0 aliphatic carbocycles. The van der Waals surface area contributed by atoms with Crippen LogP contribution in [0.3, 0.4) is 0 Å². The molecule has 1 unspecified atom stereocenters. The second kappa shape index (κ2) is 5.38. The highest BCUT2D eigenvalue weighted by atomic mass is 19.2. The summed E-state index contributed by atoms with van der Waals surface area (Å²) in [6.07, 6.45) is 0. The molecule has 2 rings (SSSR count). The topological polar surface area (TPSA) is 69.6 Å². The van der Waals surface area contributed by atoms with Gasteiger partial charge in [-0.3, -0.25) is 0 Å². The molecule has 0 fully saturated rings. The van der Waals surface area contributed by atoms with Crippen molar-refractivity contribution in [2.75, 3.05) is 5.73 Å². The number of tetrazole rings is 1. The fraction of sp³-hybridized carbons (Fsp3) is 0.500. The van der Waals surface area contributed by atoms with Crippen LogP contribution in [0.15, 0.2) is 12.1 Å². The van der Waals surface area contributed by atoms with Crippen molar-refractivity contribution in [1.82, 2.24) is 20.2 Å². The van der Waals surface area contributed by atoms with E-state index in [9.17, 15) is 8.78 Å². The zero-order valence-electron chi connectivity index (χ0n) is 12.6. The fourth-order valence-electron chi connectivity index (χ4n) is 1.81. The van der Waals surface area contributed by atoms with Gasteiger partial charge in [0.25, 0.3) is 0 Å². The van der Waals surface area contributed by atoms with E-state index in [0.717, 1.165) is 12.1 Å². The average molecular weight is 295 g/mol. The molecule has 0 bridgehead atoms. The van der Waals surface area contributed by atoms with E-state index >= 15 is 0 Å². The van der Waals surface area contributed by atoms with Crippen LogP contribution in [0.4, 0.5) is 14.5 Å². The van der Waals surface area contributed by atoms with Gasteiger partial charge in [-0.1, -0.05) is 27.7 Å². The molecule has 2 N–H and O–H groups in total. The first-order valence-electron chi connectivity index (χ1n) is 6.71. The highest BCUT2D eigenvalue weighted by Gasteiger charge is 2.23. The summed E-state index contributed by atoms with van der Waals surface area (Å²) in [6, 6.07) is 1.96. The van der Waals surface area contributed by atoms with Crippen molar-refractivity contribution in [2.24, 2.45) is 11.3 Å². The van der Waals surface area contributed by atoms with Gasteiger partial charge in [0, 0.05) is 23.9 Å². The van der Waals surface area contributed by atoms with Crippen LogP contribution in [-0.2, 0) is 6.54 Å². The summed E-state index contributed by atoms with van der Waals surface area (Å²) < 4.78 is 28.1. The summed E-state index contributed by atoms with van der Waals surface area (Å²) in [5.41, 5.74) is 6.22. The summed E-state index contributed by atoms with van der Waals surface area (Å²) in [5, 5.41) is 11.4. The highest BCUT2D eigenvalue weighted by Crippen LogP contribution is 2.30. The van der Waals surface area contributed by atoms with Gasteiger partial charge < -0.3 is 5.73 Å². The van der Waals surface area contributed by atoms with Crippen molar-refractivity contribution >= 4 is 5.69 Å². The minimum Gasteiger partial charge on any atom is -0.398 e. The van der Waals surface area contributed by atoms with Crippen LogP contribution in [0.25, 0.3) is 11.4 Å². The largest absolute Gasteiger partial charge is 0.398 e. The van der Waals surface area contributed by atoms with Crippen LogP contribution in [0, 0.1) is 23.0 Å². The van der Waals surface area contributed by atoms with Gasteiger partial charge in [0.1, 0.15) is 0 Å². The number of halogens is 2. The molecule has 0 aliphatic rings. The van der Waals surface area contributed by atoms with E-state index in [0.29, 0.717) is 17.9 Å². The Morgan fingerprint density at radius 2 is 1.86 bits per heavy atom. The molecular formula is C14H19F2N5. The maximum Gasteiger partial charge on any atom is 0.184 e. The predicted octanol–water partition coefficient (Wildman–Crippen LogP) is 2.88. The molecule has 1 aromatic heterocycles. The quantitative estimate of drug-likeness (QED) is 0.884. The van der Waals surface area contributed by atoms with Crippen molar-refractivity contribution in [3.63, 3.8) is 0 Å². The third-order valence-electron chi connectivity index (χ3n) is 3.79. The molecule has 21 heavy (non-hydrogen) atoms. The van der Waals surface area contributed by atoms with Crippen molar-refractivity contribution in [3.05, 3.63) is 23.8 Å². The number of nitrogen functional groups attached to an aromatic ring is 1. The van der Waals surface area contributed by atoms with E-state index < -0.39 is 11.6 Å². The first-order chi connectivity index (χ1) is 9.70. The number of hydrogen-bond acceptors (Lipinski definition) is 4. The molecule has 0 saturated heterocycles. The SMILES string of the molecule is CC(Cn1nnnc1-c1cc(F)c(F)cc1N)C(C)(C)C. The third-order valence-corrected chi connectivity index (χ3v) is 3.79. The maximum absolute atomic E-state index is 13.4. The Hall–Kier alpha value is -2.05. The second-order valence-electron chi connectivity index (χ2n) is 6.31. The lowest BCUT2D eigenvalue weighted by Crippen LogP contribution is -2.23. The van der Waals surface area contributed by atoms with Gasteiger partial charge in [-0.05, 0) is 27.8 Å². The molecule has 7 heteroatoms. The number of anilines is 1. The number of benzene rings is 1. The average Bonchev–Trinajstić information content (AvgIpc) is 2.80. The van der Waals surface area contributed by atoms with Crippen LogP contribution in [-0.4, -0.2) is 20.2 Å². The third kappa shape index (κ3) is 3.17. The molecule has 114 valence electrons. The van der Waals surface area contributed by atoms with Crippen molar-refractivity contribution in [2.45, 2.75) is 34.2 Å². The number of hydrogen-bond donors (Lipinski definition) is 1. The number of aromatic nitrogens is 4. The Morgan fingerprint density at radius 1 is 1.24 bits per heavy atom. The van der Waals surface area contributed by atoms with Gasteiger partial charge in [0.15, 0.2) is 17.5 Å². The smallest absolute Gasteiger partial charge is 0.184 e. The van der Waals surface area contributed by atoms with Gasteiger partial charge in [-0.25, -0.2) is 13.5 Å². The molecule has 2 aromatic rings. The normalized spacial score (nSPS) is 13.4. The van der Waals surface area contributed by atoms with E-state index in [4.69, 9.17) is 5.73 Å². The van der Waals surface area contributed by atoms with E-state index in [1.54, 1.807) is 4.68 Å². The van der Waals surface area contributed by atoms with Crippen LogP contribution >= 0.6 is 0 Å². The number of nitrogens with zero attached hydrogens (tertiary/aromatic N) is 4. The summed E-state index contributed by atoms with van der Waals surface area (Å²) in [7, 11) is 0. The molecule has 0 saturated carbocycles. The Kier molecular flexibility index (Phi) is 3.93. The lowest BCUT2D eigenvalue weighted by molar-refractivity contribution is 0.225. The summed E-state index contributed by atoms with van der Waals surface area (Å²) in [5.74, 6) is -1.34. The zero-order valence-corrected chi connectivity index (χ0v) is 12.6. The van der Waals surface area contributed by atoms with Crippen LogP contribution < -0.4 is 5.73 Å². The molecule has 1 atom stereocenters. The van der Waals surface area contributed by atoms with Crippen LogP contribution in [0.1, 0.15) is 27.7 Å². The fourth-order valence-corrected chi connectivity index (χ4v) is 1.81. The highest BCUT2D eigenvalue weighted by molar-refractivity contribution is 5.71. The molecule has 1 heterocycles. The van der Waals surface area contributed by atoms with Gasteiger partial charge in [0.2, 0.25) is 0 Å². The predicted molar refractivity (Wildman–Crippen MR) is 76.2 cm³/mol. The Labute approximate surface area is 122 Å². The lowest BCUT2D eigenvalue weighted by Gasteiger charge is -2.27. The van der Waals surface area contributed by atoms with Crippen molar-refractivity contribution in [3.8, 4) is 11.4 Å². The summed E-state index contributed by atoms with van der Waals surface area (Å²) in [4.78, 5) is 0. The molecule has 0 radical (unpaired) electrons. The van der Waals surface area contributed by atoms with Gasteiger partial charge in [0.05, 0.1) is 0 Å². The first kappa shape index (κ1) is 15.3. The van der Waals surface area contributed by atoms with Gasteiger partial charge in [-0.15, -0.1) is 5.10 Å². The molecular weight excluding hydrogens is 276 g/mol. The Balaban J connectivity index is 2.39. The van der Waals surface area contributed by atoms with E-state index in [1.807, 2.05) is 0 Å². The molecule has 0 amide bonds. The van der Waals surface area contributed by atoms with Gasteiger partial charge >= 0.3 is 0 Å². The Morgan fingerprint density at radius 3 is 2.48 bits per heavy atom. The minimum absolute atomic E-state index is 0.0722. The summed E-state index contributed by atoms with van der Waals surface area (Å²) in [6.45, 7) is 9.00. The number of nitrogens with two attached hydrogens (primary N) is 1.